The Labute approximate surface area is 108 Å². The molecule has 18 heavy (non-hydrogen) atoms. The highest BCUT2D eigenvalue weighted by atomic mass is 16.4. The zero-order valence-corrected chi connectivity index (χ0v) is 11.1. The van der Waals surface area contributed by atoms with Crippen molar-refractivity contribution in [3.63, 3.8) is 0 Å². The summed E-state index contributed by atoms with van der Waals surface area (Å²) >= 11 is 0. The van der Waals surface area contributed by atoms with Gasteiger partial charge >= 0.3 is 6.03 Å². The van der Waals surface area contributed by atoms with E-state index in [1.165, 1.54) is 6.42 Å². The predicted octanol–water partition coefficient (Wildman–Crippen LogP) is 1.34. The molecule has 6 nitrogen and oxygen atoms in total. The number of unbranched alkanes of at least 4 members (excludes halogenated alkanes) is 1. The molecule has 104 valence electrons. The van der Waals surface area contributed by atoms with Crippen molar-refractivity contribution in [3.05, 3.63) is 0 Å². The molecule has 1 rings (SSSR count). The van der Waals surface area contributed by atoms with Crippen LogP contribution in [0.15, 0.2) is 5.16 Å². The smallest absolute Gasteiger partial charge is 0.317 e. The number of urea groups is 1. The topological polar surface area (TPSA) is 91.0 Å². The number of carbonyl (C=O) groups excluding carboxylic acids is 1. The monoisotopic (exact) mass is 256 g/mol. The first-order valence-electron chi connectivity index (χ1n) is 6.62. The van der Waals surface area contributed by atoms with E-state index >= 15 is 0 Å². The van der Waals surface area contributed by atoms with E-state index in [9.17, 15) is 4.79 Å². The number of nitrogens with two attached hydrogens (primary N) is 1. The van der Waals surface area contributed by atoms with E-state index in [4.69, 9.17) is 10.9 Å². The average molecular weight is 256 g/mol. The van der Waals surface area contributed by atoms with Crippen LogP contribution in [0, 0.1) is 5.92 Å². The molecule has 6 heteroatoms. The zero-order valence-electron chi connectivity index (χ0n) is 11.1. The van der Waals surface area contributed by atoms with Gasteiger partial charge in [0.2, 0.25) is 0 Å². The lowest BCUT2D eigenvalue weighted by Gasteiger charge is -2.30. The molecular weight excluding hydrogens is 232 g/mol. The molecule has 0 aliphatic carbocycles. The van der Waals surface area contributed by atoms with Crippen LogP contribution in [0.5, 0.6) is 0 Å². The van der Waals surface area contributed by atoms with Crippen molar-refractivity contribution in [2.45, 2.75) is 39.0 Å². The second-order valence-electron chi connectivity index (χ2n) is 4.97. The Morgan fingerprint density at radius 1 is 1.56 bits per heavy atom. The van der Waals surface area contributed by atoms with E-state index in [1.54, 1.807) is 0 Å². The van der Waals surface area contributed by atoms with E-state index < -0.39 is 0 Å². The van der Waals surface area contributed by atoms with Gasteiger partial charge in [-0.1, -0.05) is 12.1 Å². The van der Waals surface area contributed by atoms with Gasteiger partial charge in [-0.15, -0.1) is 0 Å². The molecule has 1 atom stereocenters. The van der Waals surface area contributed by atoms with Gasteiger partial charge in [0.15, 0.2) is 0 Å². The van der Waals surface area contributed by atoms with Crippen molar-refractivity contribution < 1.29 is 10.0 Å². The summed E-state index contributed by atoms with van der Waals surface area (Å²) < 4.78 is 0. The molecule has 0 spiro atoms. The van der Waals surface area contributed by atoms with Crippen LogP contribution in [0.4, 0.5) is 4.79 Å². The van der Waals surface area contributed by atoms with Gasteiger partial charge in [0.1, 0.15) is 5.84 Å². The number of oxime groups is 1. The molecule has 0 aromatic heterocycles. The third kappa shape index (κ3) is 5.25. The molecular formula is C12H24N4O2. The Morgan fingerprint density at radius 2 is 2.33 bits per heavy atom. The van der Waals surface area contributed by atoms with Gasteiger partial charge in [0.05, 0.1) is 0 Å². The summed E-state index contributed by atoms with van der Waals surface area (Å²) in [6.07, 6.45) is 4.52. The summed E-state index contributed by atoms with van der Waals surface area (Å²) in [6, 6.07) is 0.0327. The molecule has 0 bridgehead atoms. The first-order chi connectivity index (χ1) is 8.63. The Morgan fingerprint density at radius 3 is 3.00 bits per heavy atom. The summed E-state index contributed by atoms with van der Waals surface area (Å²) in [7, 11) is 0. The third-order valence-corrected chi connectivity index (χ3v) is 3.21. The summed E-state index contributed by atoms with van der Waals surface area (Å²) in [5, 5.41) is 14.2. The Kier molecular flexibility index (Phi) is 6.32. The Balaban J connectivity index is 2.09. The molecule has 1 aliphatic rings. The van der Waals surface area contributed by atoms with E-state index in [1.807, 2.05) is 4.90 Å². The number of piperidine rings is 1. The van der Waals surface area contributed by atoms with Crippen LogP contribution in [0.1, 0.15) is 39.0 Å². The Hall–Kier alpha value is -1.46. The lowest BCUT2D eigenvalue weighted by molar-refractivity contribution is 0.169. The second-order valence-corrected chi connectivity index (χ2v) is 4.97. The van der Waals surface area contributed by atoms with Gasteiger partial charge in [-0.05, 0) is 31.6 Å². The molecule has 0 radical (unpaired) electrons. The van der Waals surface area contributed by atoms with Crippen LogP contribution in [0.2, 0.25) is 0 Å². The largest absolute Gasteiger partial charge is 0.409 e. The van der Waals surface area contributed by atoms with E-state index in [2.05, 4.69) is 17.4 Å². The maximum atomic E-state index is 11.8. The highest BCUT2D eigenvalue weighted by molar-refractivity contribution is 5.79. The number of nitrogens with one attached hydrogen (secondary N) is 1. The summed E-state index contributed by atoms with van der Waals surface area (Å²) in [5.74, 6) is 0.844. The van der Waals surface area contributed by atoms with Crippen molar-refractivity contribution in [1.29, 1.82) is 0 Å². The van der Waals surface area contributed by atoms with Crippen molar-refractivity contribution in [1.82, 2.24) is 10.2 Å². The molecule has 1 saturated heterocycles. The number of rotatable bonds is 5. The standard InChI is InChI=1S/C12H24N4O2/c1-10-5-4-8-16(9-10)12(17)14-7-3-2-6-11(13)15-18/h10,18H,2-9H2,1H3,(H2,13,15)(H,14,17). The second kappa shape index (κ2) is 7.79. The zero-order chi connectivity index (χ0) is 13.4. The lowest BCUT2D eigenvalue weighted by Crippen LogP contribution is -2.45. The van der Waals surface area contributed by atoms with Crippen molar-refractivity contribution in [2.75, 3.05) is 19.6 Å². The molecule has 2 amide bonds. The van der Waals surface area contributed by atoms with Gasteiger partial charge in [0, 0.05) is 26.1 Å². The normalized spacial score (nSPS) is 20.8. The molecule has 0 saturated carbocycles. The summed E-state index contributed by atoms with van der Waals surface area (Å²) in [6.45, 7) is 4.54. The van der Waals surface area contributed by atoms with E-state index in [0.717, 1.165) is 32.4 Å². The van der Waals surface area contributed by atoms with Gasteiger partial charge in [-0.2, -0.15) is 0 Å². The van der Waals surface area contributed by atoms with Gasteiger partial charge in [-0.25, -0.2) is 4.79 Å². The number of amides is 2. The number of amidine groups is 1. The van der Waals surface area contributed by atoms with Gasteiger partial charge < -0.3 is 21.2 Å². The summed E-state index contributed by atoms with van der Waals surface area (Å²) in [4.78, 5) is 13.7. The first-order valence-corrected chi connectivity index (χ1v) is 6.62. The highest BCUT2D eigenvalue weighted by Gasteiger charge is 2.20. The van der Waals surface area contributed by atoms with Crippen molar-refractivity contribution in [2.24, 2.45) is 16.8 Å². The summed E-state index contributed by atoms with van der Waals surface area (Å²) in [5.41, 5.74) is 5.35. The number of nitrogens with zero attached hydrogens (tertiary/aromatic N) is 2. The minimum absolute atomic E-state index is 0.0327. The van der Waals surface area contributed by atoms with Crippen LogP contribution < -0.4 is 11.1 Å². The van der Waals surface area contributed by atoms with Gasteiger partial charge in [0.25, 0.3) is 0 Å². The van der Waals surface area contributed by atoms with Crippen LogP contribution in [0.25, 0.3) is 0 Å². The minimum atomic E-state index is 0.0327. The molecule has 1 heterocycles. The molecule has 0 aromatic rings. The molecule has 1 fully saturated rings. The molecule has 1 aliphatic heterocycles. The van der Waals surface area contributed by atoms with Crippen LogP contribution >= 0.6 is 0 Å². The lowest BCUT2D eigenvalue weighted by atomic mass is 10.0. The minimum Gasteiger partial charge on any atom is -0.409 e. The fourth-order valence-corrected chi connectivity index (χ4v) is 2.16. The third-order valence-electron chi connectivity index (χ3n) is 3.21. The fraction of sp³-hybridized carbons (Fsp3) is 0.833. The predicted molar refractivity (Wildman–Crippen MR) is 70.6 cm³/mol. The number of hydrogen-bond donors (Lipinski definition) is 3. The maximum Gasteiger partial charge on any atom is 0.317 e. The van der Waals surface area contributed by atoms with Crippen LogP contribution in [-0.2, 0) is 0 Å². The average Bonchev–Trinajstić information content (AvgIpc) is 2.37. The van der Waals surface area contributed by atoms with Gasteiger partial charge in [-0.3, -0.25) is 0 Å². The van der Waals surface area contributed by atoms with Crippen molar-refractivity contribution in [3.8, 4) is 0 Å². The fourth-order valence-electron chi connectivity index (χ4n) is 2.16. The number of carbonyl (C=O) groups is 1. The van der Waals surface area contributed by atoms with Crippen molar-refractivity contribution >= 4 is 11.9 Å². The van der Waals surface area contributed by atoms with Crippen LogP contribution in [0.3, 0.4) is 0 Å². The Bertz CT molecular complexity index is 294. The quantitative estimate of drug-likeness (QED) is 0.228. The number of hydrogen-bond acceptors (Lipinski definition) is 3. The maximum absolute atomic E-state index is 11.8. The molecule has 0 aromatic carbocycles. The first kappa shape index (κ1) is 14.6. The van der Waals surface area contributed by atoms with E-state index in [-0.39, 0.29) is 11.9 Å². The van der Waals surface area contributed by atoms with E-state index in [0.29, 0.717) is 18.9 Å². The number of likely N-dealkylation sites (tertiary alicyclic amines) is 1. The van der Waals surface area contributed by atoms with Crippen LogP contribution in [-0.4, -0.2) is 41.6 Å². The highest BCUT2D eigenvalue weighted by Crippen LogP contribution is 2.15. The molecule has 4 N–H and O–H groups in total. The SMILES string of the molecule is CC1CCCN(C(=O)NCCCCC(N)=NO)C1. The molecule has 1 unspecified atom stereocenters.